The summed E-state index contributed by atoms with van der Waals surface area (Å²) in [6, 6.07) is 26.9. The molecule has 0 saturated heterocycles. The smallest absolute Gasteiger partial charge is 0.326 e. The van der Waals surface area contributed by atoms with Crippen LogP contribution in [0.1, 0.15) is 33.7 Å². The second-order valence-electron chi connectivity index (χ2n) is 11.5. The summed E-state index contributed by atoms with van der Waals surface area (Å²) in [7, 11) is 0. The highest BCUT2D eigenvalue weighted by Gasteiger charge is 2.37. The molecule has 0 spiro atoms. The van der Waals surface area contributed by atoms with Gasteiger partial charge in [-0.05, 0) is 47.9 Å². The summed E-state index contributed by atoms with van der Waals surface area (Å²) in [5.41, 5.74) is 3.67. The lowest BCUT2D eigenvalue weighted by molar-refractivity contribution is -0.129. The fourth-order valence-corrected chi connectivity index (χ4v) is 9.71. The van der Waals surface area contributed by atoms with Crippen LogP contribution in [0.25, 0.3) is 0 Å². The SMILES string of the molecule is CC(=O)N1CCc2c(sc(NC(=O)C(Sc3cccc(NC(=O)N4c5ccccc5SC5C=CC=CC54)c3)c3ccccc3)c2C#N)C1. The number of rotatable bonds is 6. The number of hydrogen-bond acceptors (Lipinski definition) is 7. The Bertz CT molecular complexity index is 2000. The van der Waals surface area contributed by atoms with Gasteiger partial charge in [0.2, 0.25) is 11.8 Å². The number of nitriles is 1. The molecular formula is C37H31N5O3S3. The summed E-state index contributed by atoms with van der Waals surface area (Å²) in [6.07, 6.45) is 8.77. The number of thioether (sulfide) groups is 2. The Morgan fingerprint density at radius 2 is 1.77 bits per heavy atom. The van der Waals surface area contributed by atoms with Crippen molar-refractivity contribution in [2.24, 2.45) is 0 Å². The average molecular weight is 690 g/mol. The monoisotopic (exact) mass is 689 g/mol. The van der Waals surface area contributed by atoms with Crippen molar-refractivity contribution in [1.82, 2.24) is 4.90 Å². The number of fused-ring (bicyclic) bond motifs is 3. The number of benzene rings is 3. The topological polar surface area (TPSA) is 106 Å². The van der Waals surface area contributed by atoms with Crippen LogP contribution in [0.4, 0.5) is 21.2 Å². The Balaban J connectivity index is 1.12. The molecule has 4 aromatic rings. The molecule has 48 heavy (non-hydrogen) atoms. The van der Waals surface area contributed by atoms with E-state index < -0.39 is 5.25 Å². The van der Waals surface area contributed by atoms with Crippen LogP contribution in [-0.4, -0.2) is 40.6 Å². The Morgan fingerprint density at radius 1 is 0.979 bits per heavy atom. The summed E-state index contributed by atoms with van der Waals surface area (Å²) in [4.78, 5) is 46.2. The second kappa shape index (κ2) is 13.8. The van der Waals surface area contributed by atoms with E-state index >= 15 is 0 Å². The number of nitrogens with one attached hydrogen (secondary N) is 2. The Hall–Kier alpha value is -4.76. The Kier molecular flexibility index (Phi) is 9.13. The Morgan fingerprint density at radius 3 is 2.58 bits per heavy atom. The molecule has 11 heteroatoms. The summed E-state index contributed by atoms with van der Waals surface area (Å²) in [6.45, 7) is 2.53. The molecule has 7 rings (SSSR count). The summed E-state index contributed by atoms with van der Waals surface area (Å²) in [5, 5.41) is 16.2. The van der Waals surface area contributed by atoms with E-state index in [2.05, 4.69) is 28.9 Å². The molecule has 1 aliphatic carbocycles. The van der Waals surface area contributed by atoms with Gasteiger partial charge in [-0.3, -0.25) is 14.5 Å². The maximum Gasteiger partial charge on any atom is 0.326 e. The first-order valence-electron chi connectivity index (χ1n) is 15.5. The van der Waals surface area contributed by atoms with Crippen molar-refractivity contribution in [3.05, 3.63) is 125 Å². The van der Waals surface area contributed by atoms with E-state index in [1.807, 2.05) is 95.9 Å². The van der Waals surface area contributed by atoms with Crippen molar-refractivity contribution < 1.29 is 14.4 Å². The van der Waals surface area contributed by atoms with Crippen LogP contribution in [0.3, 0.4) is 0 Å². The van der Waals surface area contributed by atoms with Crippen molar-refractivity contribution in [2.75, 3.05) is 22.1 Å². The third kappa shape index (κ3) is 6.39. The van der Waals surface area contributed by atoms with E-state index in [0.29, 0.717) is 35.8 Å². The van der Waals surface area contributed by atoms with Crippen molar-refractivity contribution >= 4 is 69.1 Å². The van der Waals surface area contributed by atoms with Crippen LogP contribution in [-0.2, 0) is 22.6 Å². The van der Waals surface area contributed by atoms with E-state index in [-0.39, 0.29) is 29.1 Å². The molecule has 0 bridgehead atoms. The largest absolute Gasteiger partial charge is 0.337 e. The van der Waals surface area contributed by atoms with Gasteiger partial charge in [-0.1, -0.05) is 72.8 Å². The number of thiophene rings is 1. The van der Waals surface area contributed by atoms with E-state index in [4.69, 9.17) is 0 Å². The molecule has 2 N–H and O–H groups in total. The fourth-order valence-electron chi connectivity index (χ4n) is 6.15. The fraction of sp³-hybridized carbons (Fsp3) is 0.189. The summed E-state index contributed by atoms with van der Waals surface area (Å²) in [5.74, 6) is -0.270. The molecule has 3 heterocycles. The molecule has 8 nitrogen and oxygen atoms in total. The van der Waals surface area contributed by atoms with Gasteiger partial charge in [-0.15, -0.1) is 34.9 Å². The predicted octanol–water partition coefficient (Wildman–Crippen LogP) is 8.00. The van der Waals surface area contributed by atoms with Crippen molar-refractivity contribution in [1.29, 1.82) is 5.26 Å². The quantitative estimate of drug-likeness (QED) is 0.199. The number of para-hydroxylation sites is 1. The Labute approximate surface area is 291 Å². The first kappa shape index (κ1) is 31.8. The minimum atomic E-state index is -0.637. The molecule has 0 saturated carbocycles. The molecule has 4 amide bonds. The van der Waals surface area contributed by atoms with Crippen LogP contribution < -0.4 is 15.5 Å². The van der Waals surface area contributed by atoms with E-state index in [1.165, 1.54) is 23.1 Å². The minimum absolute atomic E-state index is 0.0102. The van der Waals surface area contributed by atoms with Crippen molar-refractivity contribution in [3.63, 3.8) is 0 Å². The highest BCUT2D eigenvalue weighted by molar-refractivity contribution is 8.00. The lowest BCUT2D eigenvalue weighted by Gasteiger charge is -2.40. The lowest BCUT2D eigenvalue weighted by atomic mass is 10.0. The third-order valence-electron chi connectivity index (χ3n) is 8.49. The number of hydrogen-bond donors (Lipinski definition) is 2. The third-order valence-corrected chi connectivity index (χ3v) is 12.2. The first-order valence-corrected chi connectivity index (χ1v) is 18.1. The van der Waals surface area contributed by atoms with Gasteiger partial charge < -0.3 is 15.5 Å². The predicted molar refractivity (Wildman–Crippen MR) is 194 cm³/mol. The number of carbonyl (C=O) groups excluding carboxylic acids is 3. The molecular weight excluding hydrogens is 659 g/mol. The number of urea groups is 1. The lowest BCUT2D eigenvalue weighted by Crippen LogP contribution is -2.49. The van der Waals surface area contributed by atoms with Crippen LogP contribution in [0.15, 0.2) is 113 Å². The van der Waals surface area contributed by atoms with Gasteiger partial charge in [0.25, 0.3) is 0 Å². The number of anilines is 3. The molecule has 1 aromatic heterocycles. The van der Waals surface area contributed by atoms with Crippen LogP contribution in [0.5, 0.6) is 0 Å². The zero-order valence-electron chi connectivity index (χ0n) is 26.0. The number of allylic oxidation sites excluding steroid dienone is 2. The average Bonchev–Trinajstić information content (AvgIpc) is 3.45. The van der Waals surface area contributed by atoms with Gasteiger partial charge in [0.1, 0.15) is 16.3 Å². The van der Waals surface area contributed by atoms with E-state index in [9.17, 15) is 19.6 Å². The minimum Gasteiger partial charge on any atom is -0.337 e. The van der Waals surface area contributed by atoms with Crippen molar-refractivity contribution in [3.8, 4) is 6.07 Å². The van der Waals surface area contributed by atoms with Gasteiger partial charge in [0.05, 0.1) is 29.1 Å². The summed E-state index contributed by atoms with van der Waals surface area (Å²) >= 11 is 4.49. The van der Waals surface area contributed by atoms with E-state index in [1.54, 1.807) is 23.6 Å². The molecule has 0 radical (unpaired) electrons. The molecule has 2 aliphatic heterocycles. The molecule has 3 aliphatic rings. The number of carbonyl (C=O) groups is 3. The van der Waals surface area contributed by atoms with Gasteiger partial charge >= 0.3 is 6.03 Å². The van der Waals surface area contributed by atoms with Gasteiger partial charge in [0, 0.05) is 33.8 Å². The van der Waals surface area contributed by atoms with Crippen LogP contribution in [0.2, 0.25) is 0 Å². The highest BCUT2D eigenvalue weighted by Crippen LogP contribution is 2.44. The molecule has 240 valence electrons. The first-order chi connectivity index (χ1) is 23.4. The number of nitrogens with zero attached hydrogens (tertiary/aromatic N) is 3. The highest BCUT2D eigenvalue weighted by atomic mass is 32.2. The molecule has 3 atom stereocenters. The molecule has 0 fully saturated rings. The van der Waals surface area contributed by atoms with Crippen LogP contribution >= 0.6 is 34.9 Å². The molecule has 3 aromatic carbocycles. The maximum atomic E-state index is 14.0. The van der Waals surface area contributed by atoms with Gasteiger partial charge in [-0.2, -0.15) is 5.26 Å². The zero-order valence-corrected chi connectivity index (χ0v) is 28.4. The normalized spacial score (nSPS) is 18.2. The maximum absolute atomic E-state index is 14.0. The van der Waals surface area contributed by atoms with Gasteiger partial charge in [-0.25, -0.2) is 4.79 Å². The molecule has 3 unspecified atom stereocenters. The van der Waals surface area contributed by atoms with E-state index in [0.717, 1.165) is 31.5 Å². The summed E-state index contributed by atoms with van der Waals surface area (Å²) < 4.78 is 0. The van der Waals surface area contributed by atoms with Crippen molar-refractivity contribution in [2.45, 2.75) is 46.2 Å². The number of amides is 4. The zero-order chi connectivity index (χ0) is 33.2. The van der Waals surface area contributed by atoms with Gasteiger partial charge in [0.15, 0.2) is 0 Å². The standard InChI is InChI=1S/C37H31N5O3S3/c1-23(43)41-19-18-27-28(21-38)36(48-33(27)22-41)40-35(44)34(24-10-3-2-4-11-24)46-26-13-9-12-25(20-26)39-37(45)42-29-14-5-7-16-31(29)47-32-17-8-6-15-30(32)42/h2-17,20,29,31,34H,18-19,22H2,1H3,(H,39,45)(H,40,44). The second-order valence-corrected chi connectivity index (χ2v) is 15.1. The van der Waals surface area contributed by atoms with Crippen LogP contribution in [0, 0.1) is 11.3 Å².